The minimum atomic E-state index is -0.0430. The van der Waals surface area contributed by atoms with Gasteiger partial charge in [-0.1, -0.05) is 6.07 Å². The minimum absolute atomic E-state index is 0.0430. The smallest absolute Gasteiger partial charge is 0.272 e. The number of rotatable bonds is 9. The molecule has 0 bridgehead atoms. The van der Waals surface area contributed by atoms with Gasteiger partial charge in [0, 0.05) is 31.5 Å². The highest BCUT2D eigenvalue weighted by Crippen LogP contribution is 2.27. The summed E-state index contributed by atoms with van der Waals surface area (Å²) in [4.78, 5) is 18.4. The molecule has 0 atom stereocenters. The lowest BCUT2D eigenvalue weighted by Crippen LogP contribution is -2.31. The summed E-state index contributed by atoms with van der Waals surface area (Å²) in [7, 11) is 3.25. The summed E-state index contributed by atoms with van der Waals surface area (Å²) >= 11 is 0. The van der Waals surface area contributed by atoms with Crippen LogP contribution in [-0.4, -0.2) is 49.6 Å². The molecule has 2 aromatic rings. The Balaban J connectivity index is 1.98. The molecule has 0 spiro atoms. The zero-order valence-electron chi connectivity index (χ0n) is 15.9. The lowest BCUT2D eigenvalue weighted by Gasteiger charge is -2.18. The summed E-state index contributed by atoms with van der Waals surface area (Å²) < 4.78 is 10.6. The van der Waals surface area contributed by atoms with E-state index < -0.39 is 0 Å². The molecular formula is C20H27N3O3. The van der Waals surface area contributed by atoms with Gasteiger partial charge in [-0.15, -0.1) is 0 Å². The molecule has 1 aromatic carbocycles. The fourth-order valence-corrected chi connectivity index (χ4v) is 2.72. The number of carbonyl (C=O) groups is 1. The number of hydrogen-bond donors (Lipinski definition) is 1. The second-order valence-corrected chi connectivity index (χ2v) is 5.77. The molecule has 0 aliphatic rings. The first-order valence-corrected chi connectivity index (χ1v) is 8.83. The average Bonchev–Trinajstić information content (AvgIpc) is 2.69. The van der Waals surface area contributed by atoms with Crippen LogP contribution in [0.1, 0.15) is 29.9 Å². The van der Waals surface area contributed by atoms with Gasteiger partial charge in [0.15, 0.2) is 11.5 Å². The molecule has 2 rings (SSSR count). The Labute approximate surface area is 155 Å². The van der Waals surface area contributed by atoms with Crippen LogP contribution in [0.5, 0.6) is 11.5 Å². The van der Waals surface area contributed by atoms with E-state index in [2.05, 4.69) is 10.3 Å². The van der Waals surface area contributed by atoms with Gasteiger partial charge in [0.05, 0.1) is 14.2 Å². The molecule has 6 heteroatoms. The summed E-state index contributed by atoms with van der Waals surface area (Å²) in [5.74, 6) is 1.40. The minimum Gasteiger partial charge on any atom is -0.493 e. The molecule has 1 heterocycles. The van der Waals surface area contributed by atoms with E-state index in [-0.39, 0.29) is 5.91 Å². The van der Waals surface area contributed by atoms with Gasteiger partial charge in [-0.05, 0) is 50.1 Å². The van der Waals surface area contributed by atoms with Crippen molar-refractivity contribution in [2.75, 3.05) is 39.2 Å². The first-order chi connectivity index (χ1) is 12.6. The van der Waals surface area contributed by atoms with Crippen LogP contribution in [0.15, 0.2) is 36.5 Å². The largest absolute Gasteiger partial charge is 0.493 e. The normalized spacial score (nSPS) is 10.3. The van der Waals surface area contributed by atoms with Crippen molar-refractivity contribution in [3.8, 4) is 11.5 Å². The third-order valence-corrected chi connectivity index (χ3v) is 4.22. The van der Waals surface area contributed by atoms with Crippen molar-refractivity contribution in [2.45, 2.75) is 20.3 Å². The maximum atomic E-state index is 12.4. The molecule has 0 fully saturated rings. The number of methoxy groups -OCH3 is 2. The number of aromatic nitrogens is 1. The van der Waals surface area contributed by atoms with Crippen LogP contribution < -0.4 is 14.8 Å². The van der Waals surface area contributed by atoms with Gasteiger partial charge in [0.1, 0.15) is 5.69 Å². The fourth-order valence-electron chi connectivity index (χ4n) is 2.72. The lowest BCUT2D eigenvalue weighted by atomic mass is 10.1. The van der Waals surface area contributed by atoms with E-state index in [1.807, 2.05) is 38.1 Å². The molecule has 0 unspecified atom stereocenters. The highest BCUT2D eigenvalue weighted by atomic mass is 16.5. The van der Waals surface area contributed by atoms with Crippen LogP contribution in [0.4, 0.5) is 5.69 Å². The second-order valence-electron chi connectivity index (χ2n) is 5.77. The third-order valence-electron chi connectivity index (χ3n) is 4.22. The average molecular weight is 357 g/mol. The van der Waals surface area contributed by atoms with E-state index in [4.69, 9.17) is 9.47 Å². The Morgan fingerprint density at radius 3 is 2.46 bits per heavy atom. The van der Waals surface area contributed by atoms with Crippen LogP contribution >= 0.6 is 0 Å². The second kappa shape index (κ2) is 9.65. The van der Waals surface area contributed by atoms with Gasteiger partial charge in [0.25, 0.3) is 5.91 Å². The zero-order valence-corrected chi connectivity index (χ0v) is 15.9. The summed E-state index contributed by atoms with van der Waals surface area (Å²) in [5.41, 5.74) is 2.49. The summed E-state index contributed by atoms with van der Waals surface area (Å²) in [5, 5.41) is 3.35. The van der Waals surface area contributed by atoms with Crippen molar-refractivity contribution in [1.82, 2.24) is 9.88 Å². The van der Waals surface area contributed by atoms with E-state index in [1.54, 1.807) is 31.4 Å². The van der Waals surface area contributed by atoms with Crippen LogP contribution in [0, 0.1) is 0 Å². The SMILES string of the molecule is CCN(CC)C(=O)c1cc(NCCc2ccc(OC)c(OC)c2)ccn1. The molecule has 0 saturated carbocycles. The summed E-state index contributed by atoms with van der Waals surface area (Å²) in [6.07, 6.45) is 2.48. The third kappa shape index (κ3) is 4.88. The van der Waals surface area contributed by atoms with Crippen molar-refractivity contribution in [2.24, 2.45) is 0 Å². The maximum Gasteiger partial charge on any atom is 0.272 e. The lowest BCUT2D eigenvalue weighted by molar-refractivity contribution is 0.0767. The standard InChI is InChI=1S/C20H27N3O3/c1-5-23(6-2)20(24)17-14-16(10-12-22-17)21-11-9-15-7-8-18(25-3)19(13-15)26-4/h7-8,10,12-14H,5-6,9,11H2,1-4H3,(H,21,22). The number of carbonyl (C=O) groups excluding carboxylic acids is 1. The molecule has 1 N–H and O–H groups in total. The van der Waals surface area contributed by atoms with Gasteiger partial charge in [-0.25, -0.2) is 0 Å². The highest BCUT2D eigenvalue weighted by Gasteiger charge is 2.14. The molecule has 0 aliphatic carbocycles. The molecule has 0 saturated heterocycles. The number of nitrogens with zero attached hydrogens (tertiary/aromatic N) is 2. The number of amides is 1. The van der Waals surface area contributed by atoms with Crippen molar-refractivity contribution < 1.29 is 14.3 Å². The Morgan fingerprint density at radius 1 is 1.08 bits per heavy atom. The first-order valence-electron chi connectivity index (χ1n) is 8.83. The van der Waals surface area contributed by atoms with Crippen molar-refractivity contribution in [3.05, 3.63) is 47.8 Å². The monoisotopic (exact) mass is 357 g/mol. The van der Waals surface area contributed by atoms with Gasteiger partial charge >= 0.3 is 0 Å². The van der Waals surface area contributed by atoms with E-state index in [9.17, 15) is 4.79 Å². The maximum absolute atomic E-state index is 12.4. The van der Waals surface area contributed by atoms with Crippen LogP contribution in [-0.2, 0) is 6.42 Å². The summed E-state index contributed by atoms with van der Waals surface area (Å²) in [6, 6.07) is 9.57. The van der Waals surface area contributed by atoms with Gasteiger partial charge < -0.3 is 19.7 Å². The van der Waals surface area contributed by atoms with E-state index in [1.165, 1.54) is 0 Å². The van der Waals surface area contributed by atoms with Gasteiger partial charge in [-0.3, -0.25) is 9.78 Å². The number of ether oxygens (including phenoxy) is 2. The van der Waals surface area contributed by atoms with Crippen LogP contribution in [0.2, 0.25) is 0 Å². The number of hydrogen-bond acceptors (Lipinski definition) is 5. The summed E-state index contributed by atoms with van der Waals surface area (Å²) in [6.45, 7) is 6.01. The Kier molecular flexibility index (Phi) is 7.26. The van der Waals surface area contributed by atoms with Crippen molar-refractivity contribution >= 4 is 11.6 Å². The van der Waals surface area contributed by atoms with Crippen LogP contribution in [0.3, 0.4) is 0 Å². The number of anilines is 1. The van der Waals surface area contributed by atoms with Crippen LogP contribution in [0.25, 0.3) is 0 Å². The molecule has 6 nitrogen and oxygen atoms in total. The molecule has 1 amide bonds. The predicted molar refractivity (Wildman–Crippen MR) is 103 cm³/mol. The Hall–Kier alpha value is -2.76. The van der Waals surface area contributed by atoms with E-state index in [0.717, 1.165) is 35.7 Å². The van der Waals surface area contributed by atoms with Gasteiger partial charge in [0.2, 0.25) is 0 Å². The zero-order chi connectivity index (χ0) is 18.9. The molecular weight excluding hydrogens is 330 g/mol. The predicted octanol–water partition coefficient (Wildman–Crippen LogP) is 3.24. The topological polar surface area (TPSA) is 63.7 Å². The van der Waals surface area contributed by atoms with E-state index in [0.29, 0.717) is 18.8 Å². The number of nitrogens with one attached hydrogen (secondary N) is 1. The molecule has 0 radical (unpaired) electrons. The molecule has 140 valence electrons. The molecule has 26 heavy (non-hydrogen) atoms. The highest BCUT2D eigenvalue weighted by molar-refractivity contribution is 5.93. The van der Waals surface area contributed by atoms with Gasteiger partial charge in [-0.2, -0.15) is 0 Å². The van der Waals surface area contributed by atoms with Crippen molar-refractivity contribution in [3.63, 3.8) is 0 Å². The molecule has 0 aliphatic heterocycles. The Morgan fingerprint density at radius 2 is 1.81 bits per heavy atom. The first kappa shape index (κ1) is 19.6. The fraction of sp³-hybridized carbons (Fsp3) is 0.400. The molecule has 1 aromatic heterocycles. The number of pyridine rings is 1. The quantitative estimate of drug-likeness (QED) is 0.746. The Bertz CT molecular complexity index is 730. The van der Waals surface area contributed by atoms with Crippen molar-refractivity contribution in [1.29, 1.82) is 0 Å². The van der Waals surface area contributed by atoms with E-state index >= 15 is 0 Å². The number of benzene rings is 1.